The van der Waals surface area contributed by atoms with Gasteiger partial charge in [0.05, 0.1) is 0 Å². The predicted octanol–water partition coefficient (Wildman–Crippen LogP) is 2.14. The van der Waals surface area contributed by atoms with Gasteiger partial charge in [0, 0.05) is 0 Å². The number of carbonyl (C=O) groups is 2. The van der Waals surface area contributed by atoms with Crippen molar-refractivity contribution in [2.75, 3.05) is 6.61 Å². The van der Waals surface area contributed by atoms with Gasteiger partial charge in [-0.25, -0.2) is 4.79 Å². The zero-order chi connectivity index (χ0) is 15.3. The summed E-state index contributed by atoms with van der Waals surface area (Å²) in [4.78, 5) is 23.3. The highest BCUT2D eigenvalue weighted by Gasteiger charge is 2.42. The SMILES string of the molecule is CCc1ccc(OCC(=O)NC2(C(=O)O)CCCC2)cc1. The first-order valence-electron chi connectivity index (χ1n) is 7.32. The third-order valence-corrected chi connectivity index (χ3v) is 3.95. The number of carboxylic acid groups (broad SMARTS) is 1. The molecule has 0 spiro atoms. The molecular formula is C16H21NO4. The molecule has 2 N–H and O–H groups in total. The molecule has 1 aliphatic carbocycles. The third-order valence-electron chi connectivity index (χ3n) is 3.95. The van der Waals surface area contributed by atoms with E-state index in [2.05, 4.69) is 12.2 Å². The summed E-state index contributed by atoms with van der Waals surface area (Å²) >= 11 is 0. The summed E-state index contributed by atoms with van der Waals surface area (Å²) in [5.74, 6) is -0.738. The van der Waals surface area contributed by atoms with Gasteiger partial charge in [0.15, 0.2) is 6.61 Å². The van der Waals surface area contributed by atoms with Crippen LogP contribution in [0.25, 0.3) is 0 Å². The van der Waals surface area contributed by atoms with Crippen molar-refractivity contribution in [1.82, 2.24) is 5.32 Å². The first-order valence-corrected chi connectivity index (χ1v) is 7.32. The van der Waals surface area contributed by atoms with Crippen molar-refractivity contribution in [1.29, 1.82) is 0 Å². The van der Waals surface area contributed by atoms with Gasteiger partial charge in [0.25, 0.3) is 5.91 Å². The second-order valence-electron chi connectivity index (χ2n) is 5.43. The lowest BCUT2D eigenvalue weighted by Crippen LogP contribution is -2.53. The van der Waals surface area contributed by atoms with Gasteiger partial charge in [0.1, 0.15) is 11.3 Å². The largest absolute Gasteiger partial charge is 0.484 e. The van der Waals surface area contributed by atoms with E-state index in [1.54, 1.807) is 0 Å². The molecule has 2 rings (SSSR count). The lowest BCUT2D eigenvalue weighted by molar-refractivity contribution is -0.147. The van der Waals surface area contributed by atoms with Crippen molar-refractivity contribution in [3.8, 4) is 5.75 Å². The number of aliphatic carboxylic acids is 1. The Hall–Kier alpha value is -2.04. The quantitative estimate of drug-likeness (QED) is 0.842. The zero-order valence-corrected chi connectivity index (χ0v) is 12.2. The van der Waals surface area contributed by atoms with Gasteiger partial charge in [-0.15, -0.1) is 0 Å². The van der Waals surface area contributed by atoms with E-state index in [1.807, 2.05) is 24.3 Å². The molecule has 5 nitrogen and oxygen atoms in total. The summed E-state index contributed by atoms with van der Waals surface area (Å²) in [6.45, 7) is 1.90. The van der Waals surface area contributed by atoms with Gasteiger partial charge in [-0.1, -0.05) is 31.9 Å². The van der Waals surface area contributed by atoms with Crippen molar-refractivity contribution < 1.29 is 19.4 Å². The highest BCUT2D eigenvalue weighted by molar-refractivity contribution is 5.87. The molecule has 0 saturated heterocycles. The molecule has 1 aliphatic rings. The molecule has 1 aromatic carbocycles. The summed E-state index contributed by atoms with van der Waals surface area (Å²) in [5, 5.41) is 11.9. The Morgan fingerprint density at radius 2 is 1.86 bits per heavy atom. The molecule has 114 valence electrons. The van der Waals surface area contributed by atoms with E-state index in [-0.39, 0.29) is 12.5 Å². The van der Waals surface area contributed by atoms with Gasteiger partial charge in [0.2, 0.25) is 0 Å². The van der Waals surface area contributed by atoms with Gasteiger partial charge in [-0.3, -0.25) is 4.79 Å². The maximum absolute atomic E-state index is 11.9. The van der Waals surface area contributed by atoms with Crippen LogP contribution in [-0.4, -0.2) is 29.1 Å². The summed E-state index contributed by atoms with van der Waals surface area (Å²) in [5.41, 5.74) is 0.0922. The smallest absolute Gasteiger partial charge is 0.329 e. The second kappa shape index (κ2) is 6.61. The van der Waals surface area contributed by atoms with Crippen molar-refractivity contribution in [3.05, 3.63) is 29.8 Å². The number of rotatable bonds is 6. The average molecular weight is 291 g/mol. The molecule has 0 unspecified atom stereocenters. The van der Waals surface area contributed by atoms with Crippen LogP contribution >= 0.6 is 0 Å². The van der Waals surface area contributed by atoms with Crippen molar-refractivity contribution in [2.24, 2.45) is 0 Å². The number of amides is 1. The minimum absolute atomic E-state index is 0.166. The predicted molar refractivity (Wildman–Crippen MR) is 78.3 cm³/mol. The van der Waals surface area contributed by atoms with E-state index in [0.29, 0.717) is 18.6 Å². The molecule has 0 heterocycles. The lowest BCUT2D eigenvalue weighted by atomic mass is 9.98. The molecule has 1 aromatic rings. The monoisotopic (exact) mass is 291 g/mol. The number of carbonyl (C=O) groups excluding carboxylic acids is 1. The van der Waals surface area contributed by atoms with Crippen LogP contribution in [0.2, 0.25) is 0 Å². The van der Waals surface area contributed by atoms with Crippen LogP contribution in [-0.2, 0) is 16.0 Å². The molecule has 0 bridgehead atoms. The zero-order valence-electron chi connectivity index (χ0n) is 12.2. The fourth-order valence-corrected chi connectivity index (χ4v) is 2.64. The molecule has 0 aliphatic heterocycles. The molecule has 1 fully saturated rings. The normalized spacial score (nSPS) is 16.4. The molecule has 0 aromatic heterocycles. The summed E-state index contributed by atoms with van der Waals surface area (Å²) in [6, 6.07) is 7.52. The summed E-state index contributed by atoms with van der Waals surface area (Å²) in [7, 11) is 0. The van der Waals surface area contributed by atoms with E-state index in [0.717, 1.165) is 19.3 Å². The Morgan fingerprint density at radius 3 is 2.38 bits per heavy atom. The number of aryl methyl sites for hydroxylation is 1. The van der Waals surface area contributed by atoms with Crippen LogP contribution in [0.4, 0.5) is 0 Å². The highest BCUT2D eigenvalue weighted by atomic mass is 16.5. The standard InChI is InChI=1S/C16H21NO4/c1-2-12-5-7-13(8-6-12)21-11-14(18)17-16(15(19)20)9-3-4-10-16/h5-8H,2-4,9-11H2,1H3,(H,17,18)(H,19,20). The lowest BCUT2D eigenvalue weighted by Gasteiger charge is -2.25. The van der Waals surface area contributed by atoms with Crippen LogP contribution in [0.1, 0.15) is 38.2 Å². The van der Waals surface area contributed by atoms with E-state index < -0.39 is 11.5 Å². The van der Waals surface area contributed by atoms with E-state index in [1.165, 1.54) is 5.56 Å². The maximum atomic E-state index is 11.9. The van der Waals surface area contributed by atoms with Crippen LogP contribution in [0, 0.1) is 0 Å². The Labute approximate surface area is 124 Å². The highest BCUT2D eigenvalue weighted by Crippen LogP contribution is 2.29. The fraction of sp³-hybridized carbons (Fsp3) is 0.500. The number of benzene rings is 1. The van der Waals surface area contributed by atoms with Gasteiger partial charge < -0.3 is 15.2 Å². The minimum Gasteiger partial charge on any atom is -0.484 e. The third kappa shape index (κ3) is 3.74. The fourth-order valence-electron chi connectivity index (χ4n) is 2.64. The Kier molecular flexibility index (Phi) is 4.83. The van der Waals surface area contributed by atoms with E-state index in [9.17, 15) is 14.7 Å². The van der Waals surface area contributed by atoms with Crippen molar-refractivity contribution >= 4 is 11.9 Å². The van der Waals surface area contributed by atoms with Gasteiger partial charge in [-0.2, -0.15) is 0 Å². The number of hydrogen-bond donors (Lipinski definition) is 2. The summed E-state index contributed by atoms with van der Waals surface area (Å²) < 4.78 is 5.40. The second-order valence-corrected chi connectivity index (χ2v) is 5.43. The average Bonchev–Trinajstić information content (AvgIpc) is 2.95. The Morgan fingerprint density at radius 1 is 1.24 bits per heavy atom. The van der Waals surface area contributed by atoms with Crippen molar-refractivity contribution in [3.63, 3.8) is 0 Å². The van der Waals surface area contributed by atoms with Crippen LogP contribution < -0.4 is 10.1 Å². The van der Waals surface area contributed by atoms with E-state index >= 15 is 0 Å². The molecule has 1 saturated carbocycles. The topological polar surface area (TPSA) is 75.6 Å². The molecule has 1 amide bonds. The molecule has 0 radical (unpaired) electrons. The molecule has 21 heavy (non-hydrogen) atoms. The van der Waals surface area contributed by atoms with Gasteiger partial charge in [-0.05, 0) is 37.0 Å². The van der Waals surface area contributed by atoms with E-state index in [4.69, 9.17) is 4.74 Å². The van der Waals surface area contributed by atoms with Crippen LogP contribution in [0.15, 0.2) is 24.3 Å². The molecular weight excluding hydrogens is 270 g/mol. The Balaban J connectivity index is 1.87. The number of nitrogens with one attached hydrogen (secondary N) is 1. The van der Waals surface area contributed by atoms with Gasteiger partial charge >= 0.3 is 5.97 Å². The molecule has 0 atom stereocenters. The minimum atomic E-state index is -1.10. The van der Waals surface area contributed by atoms with Crippen LogP contribution in [0.3, 0.4) is 0 Å². The maximum Gasteiger partial charge on any atom is 0.329 e. The first-order chi connectivity index (χ1) is 10.1. The number of carboxylic acids is 1. The summed E-state index contributed by atoms with van der Waals surface area (Å²) in [6.07, 6.45) is 3.57. The first kappa shape index (κ1) is 15.4. The number of hydrogen-bond acceptors (Lipinski definition) is 3. The molecule has 5 heteroatoms. The Bertz CT molecular complexity index is 504. The van der Waals surface area contributed by atoms with Crippen molar-refractivity contribution in [2.45, 2.75) is 44.6 Å². The number of ether oxygens (including phenoxy) is 1. The van der Waals surface area contributed by atoms with Crippen LogP contribution in [0.5, 0.6) is 5.75 Å².